The van der Waals surface area contributed by atoms with Crippen molar-refractivity contribution >= 4 is 11.9 Å². The van der Waals surface area contributed by atoms with E-state index in [-0.39, 0.29) is 17.8 Å². The number of rotatable bonds is 5. The quantitative estimate of drug-likeness (QED) is 0.850. The smallest absolute Gasteiger partial charge is 0.337 e. The lowest BCUT2D eigenvalue weighted by atomic mass is 9.96. The molecule has 2 aromatic carbocycles. The third-order valence-corrected chi connectivity index (χ3v) is 4.34. The largest absolute Gasteiger partial charge is 0.492 e. The number of benzene rings is 2. The van der Waals surface area contributed by atoms with Gasteiger partial charge in [0, 0.05) is 6.54 Å². The first-order valence-electron chi connectivity index (χ1n) is 8.33. The highest BCUT2D eigenvalue weighted by Gasteiger charge is 2.25. The Kier molecular flexibility index (Phi) is 5.33. The lowest BCUT2D eigenvalue weighted by molar-refractivity contribution is -0.126. The van der Waals surface area contributed by atoms with Crippen molar-refractivity contribution in [3.05, 3.63) is 65.2 Å². The summed E-state index contributed by atoms with van der Waals surface area (Å²) in [6, 6.07) is 15.0. The average molecular weight is 339 g/mol. The molecule has 1 atom stereocenters. The monoisotopic (exact) mass is 339 g/mol. The minimum atomic E-state index is -0.350. The molecule has 1 heterocycles. The highest BCUT2D eigenvalue weighted by atomic mass is 16.5. The number of fused-ring (bicyclic) bond motifs is 1. The van der Waals surface area contributed by atoms with Gasteiger partial charge < -0.3 is 14.8 Å². The lowest BCUT2D eigenvalue weighted by Gasteiger charge is -2.24. The summed E-state index contributed by atoms with van der Waals surface area (Å²) >= 11 is 0. The van der Waals surface area contributed by atoms with Crippen LogP contribution in [0.15, 0.2) is 48.5 Å². The number of nitrogens with one attached hydrogen (secondary N) is 1. The van der Waals surface area contributed by atoms with Gasteiger partial charge in [0.25, 0.3) is 0 Å². The zero-order chi connectivity index (χ0) is 17.6. The van der Waals surface area contributed by atoms with Crippen molar-refractivity contribution in [3.8, 4) is 5.75 Å². The molecule has 130 valence electrons. The first-order chi connectivity index (χ1) is 12.2. The number of carbonyl (C=O) groups is 2. The second-order valence-corrected chi connectivity index (χ2v) is 6.05. The van der Waals surface area contributed by atoms with E-state index in [1.807, 2.05) is 36.4 Å². The normalized spacial score (nSPS) is 15.6. The molecule has 25 heavy (non-hydrogen) atoms. The molecule has 0 spiro atoms. The number of carbonyl (C=O) groups excluding carboxylic acids is 2. The molecule has 3 rings (SSSR count). The van der Waals surface area contributed by atoms with Gasteiger partial charge in [0.15, 0.2) is 0 Å². The number of hydrogen-bond acceptors (Lipinski definition) is 4. The highest BCUT2D eigenvalue weighted by molar-refractivity contribution is 5.89. The van der Waals surface area contributed by atoms with Crippen LogP contribution in [-0.2, 0) is 22.4 Å². The van der Waals surface area contributed by atoms with Gasteiger partial charge in [-0.05, 0) is 42.2 Å². The van der Waals surface area contributed by atoms with Crippen LogP contribution in [0.4, 0.5) is 0 Å². The Morgan fingerprint density at radius 1 is 1.16 bits per heavy atom. The fourth-order valence-corrected chi connectivity index (χ4v) is 2.90. The maximum absolute atomic E-state index is 12.3. The molecule has 0 bridgehead atoms. The minimum Gasteiger partial charge on any atom is -0.492 e. The van der Waals surface area contributed by atoms with Crippen LogP contribution in [0.5, 0.6) is 5.75 Å². The zero-order valence-electron chi connectivity index (χ0n) is 14.2. The van der Waals surface area contributed by atoms with Gasteiger partial charge >= 0.3 is 5.97 Å². The van der Waals surface area contributed by atoms with Gasteiger partial charge in [-0.1, -0.05) is 30.3 Å². The van der Waals surface area contributed by atoms with Crippen LogP contribution in [0.2, 0.25) is 0 Å². The van der Waals surface area contributed by atoms with Crippen LogP contribution < -0.4 is 10.1 Å². The average Bonchev–Trinajstić information content (AvgIpc) is 2.67. The predicted octanol–water partition coefficient (Wildman–Crippen LogP) is 2.38. The number of amides is 1. The molecule has 1 amide bonds. The van der Waals surface area contributed by atoms with Gasteiger partial charge in [0.1, 0.15) is 12.4 Å². The van der Waals surface area contributed by atoms with E-state index in [1.165, 1.54) is 7.11 Å². The van der Waals surface area contributed by atoms with Crippen LogP contribution in [0, 0.1) is 5.92 Å². The first-order valence-corrected chi connectivity index (χ1v) is 8.33. The van der Waals surface area contributed by atoms with E-state index in [9.17, 15) is 9.59 Å². The molecule has 0 aromatic heterocycles. The number of esters is 1. The van der Waals surface area contributed by atoms with Gasteiger partial charge in [-0.3, -0.25) is 4.79 Å². The van der Waals surface area contributed by atoms with E-state index in [0.29, 0.717) is 31.6 Å². The molecule has 0 saturated heterocycles. The summed E-state index contributed by atoms with van der Waals surface area (Å²) in [7, 11) is 1.36. The van der Waals surface area contributed by atoms with E-state index < -0.39 is 0 Å². The van der Waals surface area contributed by atoms with Crippen LogP contribution in [-0.4, -0.2) is 32.1 Å². The molecular formula is C20H21NO4. The molecule has 1 aliphatic heterocycles. The Hall–Kier alpha value is -2.82. The summed E-state index contributed by atoms with van der Waals surface area (Å²) < 4.78 is 10.3. The third kappa shape index (κ3) is 4.18. The van der Waals surface area contributed by atoms with Crippen molar-refractivity contribution in [1.29, 1.82) is 0 Å². The van der Waals surface area contributed by atoms with E-state index in [4.69, 9.17) is 4.74 Å². The van der Waals surface area contributed by atoms with Crippen molar-refractivity contribution in [2.45, 2.75) is 12.8 Å². The van der Waals surface area contributed by atoms with Gasteiger partial charge in [0.2, 0.25) is 5.91 Å². The molecular weight excluding hydrogens is 318 g/mol. The molecule has 0 fully saturated rings. The van der Waals surface area contributed by atoms with Gasteiger partial charge in [-0.25, -0.2) is 4.79 Å². The Balaban J connectivity index is 1.48. The van der Waals surface area contributed by atoms with Crippen LogP contribution in [0.25, 0.3) is 0 Å². The topological polar surface area (TPSA) is 64.6 Å². The molecule has 0 aliphatic carbocycles. The molecule has 0 radical (unpaired) electrons. The van der Waals surface area contributed by atoms with E-state index >= 15 is 0 Å². The van der Waals surface area contributed by atoms with Gasteiger partial charge in [-0.2, -0.15) is 0 Å². The lowest BCUT2D eigenvalue weighted by Crippen LogP contribution is -2.38. The van der Waals surface area contributed by atoms with E-state index in [2.05, 4.69) is 10.1 Å². The maximum Gasteiger partial charge on any atom is 0.337 e. The Bertz CT molecular complexity index is 755. The fourth-order valence-electron chi connectivity index (χ4n) is 2.90. The summed E-state index contributed by atoms with van der Waals surface area (Å²) in [4.78, 5) is 23.7. The molecule has 2 aromatic rings. The second kappa shape index (κ2) is 7.83. The van der Waals surface area contributed by atoms with Gasteiger partial charge in [-0.15, -0.1) is 0 Å². The van der Waals surface area contributed by atoms with Crippen LogP contribution in [0.1, 0.15) is 21.5 Å². The number of para-hydroxylation sites is 1. The van der Waals surface area contributed by atoms with Crippen molar-refractivity contribution in [3.63, 3.8) is 0 Å². The SMILES string of the molecule is COC(=O)c1ccc(CCNC(=O)[C@H]2COc3ccccc3C2)cc1. The van der Waals surface area contributed by atoms with E-state index in [1.54, 1.807) is 12.1 Å². The number of ether oxygens (including phenoxy) is 2. The summed E-state index contributed by atoms with van der Waals surface area (Å²) in [5, 5.41) is 2.97. The summed E-state index contributed by atoms with van der Waals surface area (Å²) in [6.45, 7) is 0.964. The number of methoxy groups -OCH3 is 1. The Labute approximate surface area is 147 Å². The van der Waals surface area contributed by atoms with Gasteiger partial charge in [0.05, 0.1) is 18.6 Å². The summed E-state index contributed by atoms with van der Waals surface area (Å²) in [6.07, 6.45) is 1.41. The van der Waals surface area contributed by atoms with E-state index in [0.717, 1.165) is 16.9 Å². The molecule has 1 N–H and O–H groups in total. The third-order valence-electron chi connectivity index (χ3n) is 4.34. The molecule has 5 heteroatoms. The van der Waals surface area contributed by atoms with Crippen LogP contribution >= 0.6 is 0 Å². The predicted molar refractivity (Wildman–Crippen MR) is 93.6 cm³/mol. The summed E-state index contributed by atoms with van der Waals surface area (Å²) in [5.41, 5.74) is 2.65. The summed E-state index contributed by atoms with van der Waals surface area (Å²) in [5.74, 6) is 0.381. The standard InChI is InChI=1S/C20H21NO4/c1-24-20(23)15-8-6-14(7-9-15)10-11-21-19(22)17-12-16-4-2-3-5-18(16)25-13-17/h2-9,17H,10-13H2,1H3,(H,21,22)/t17-/m1/s1. The van der Waals surface area contributed by atoms with Crippen molar-refractivity contribution in [2.75, 3.05) is 20.3 Å². The molecule has 0 unspecified atom stereocenters. The van der Waals surface area contributed by atoms with Crippen LogP contribution in [0.3, 0.4) is 0 Å². The maximum atomic E-state index is 12.3. The van der Waals surface area contributed by atoms with Crippen molar-refractivity contribution < 1.29 is 19.1 Å². The molecule has 5 nitrogen and oxygen atoms in total. The Morgan fingerprint density at radius 2 is 1.92 bits per heavy atom. The molecule has 1 aliphatic rings. The number of hydrogen-bond donors (Lipinski definition) is 1. The molecule has 0 saturated carbocycles. The fraction of sp³-hybridized carbons (Fsp3) is 0.300. The zero-order valence-corrected chi connectivity index (χ0v) is 14.2. The Morgan fingerprint density at radius 3 is 2.68 bits per heavy atom. The first kappa shape index (κ1) is 17.0. The van der Waals surface area contributed by atoms with Crippen molar-refractivity contribution in [1.82, 2.24) is 5.32 Å². The van der Waals surface area contributed by atoms with Crippen molar-refractivity contribution in [2.24, 2.45) is 5.92 Å². The highest BCUT2D eigenvalue weighted by Crippen LogP contribution is 2.26. The second-order valence-electron chi connectivity index (χ2n) is 6.05. The minimum absolute atomic E-state index is 0.0145.